The second-order valence-electron chi connectivity index (χ2n) is 6.58. The van der Waals surface area contributed by atoms with Crippen LogP contribution in [0.5, 0.6) is 5.75 Å². The van der Waals surface area contributed by atoms with E-state index in [1.165, 1.54) is 5.57 Å². The summed E-state index contributed by atoms with van der Waals surface area (Å²) in [4.78, 5) is 22.3. The zero-order chi connectivity index (χ0) is 18.8. The highest BCUT2D eigenvalue weighted by atomic mass is 35.5. The molecular weight excluding hydrogens is 362 g/mol. The minimum Gasteiger partial charge on any atom is -0.481 e. The van der Waals surface area contributed by atoms with E-state index in [2.05, 4.69) is 16.0 Å². The van der Waals surface area contributed by atoms with Crippen molar-refractivity contribution in [1.82, 2.24) is 14.9 Å². The number of hydrogen-bond donors (Lipinski definition) is 1. The molecule has 0 bridgehead atoms. The predicted molar refractivity (Wildman–Crippen MR) is 107 cm³/mol. The molecule has 1 N–H and O–H groups in total. The molecule has 0 saturated carbocycles. The van der Waals surface area contributed by atoms with Gasteiger partial charge in [-0.25, -0.2) is 0 Å². The van der Waals surface area contributed by atoms with Gasteiger partial charge in [0.15, 0.2) is 6.10 Å². The lowest BCUT2D eigenvalue weighted by molar-refractivity contribution is -0.137. The third kappa shape index (κ3) is 3.69. The van der Waals surface area contributed by atoms with Crippen molar-refractivity contribution in [3.8, 4) is 5.75 Å². The van der Waals surface area contributed by atoms with Gasteiger partial charge in [-0.05, 0) is 55.3 Å². The summed E-state index contributed by atoms with van der Waals surface area (Å²) in [6.45, 7) is 3.01. The van der Waals surface area contributed by atoms with Crippen LogP contribution in [0.15, 0.2) is 54.9 Å². The lowest BCUT2D eigenvalue weighted by Crippen LogP contribution is -2.42. The number of H-pyrrole nitrogens is 1. The summed E-state index contributed by atoms with van der Waals surface area (Å²) in [5.41, 5.74) is 4.33. The summed E-state index contributed by atoms with van der Waals surface area (Å²) in [6.07, 6.45) is 6.15. The smallest absolute Gasteiger partial charge is 0.263 e. The molecule has 0 radical (unpaired) electrons. The third-order valence-corrected chi connectivity index (χ3v) is 5.03. The lowest BCUT2D eigenvalue weighted by atomic mass is 10.0. The molecule has 5 nitrogen and oxygen atoms in total. The number of rotatable bonds is 4. The van der Waals surface area contributed by atoms with Gasteiger partial charge in [-0.1, -0.05) is 17.7 Å². The van der Waals surface area contributed by atoms with Crippen molar-refractivity contribution in [3.05, 3.63) is 65.5 Å². The Morgan fingerprint density at radius 2 is 2.11 bits per heavy atom. The number of hydrogen-bond acceptors (Lipinski definition) is 3. The molecule has 1 aliphatic heterocycles. The summed E-state index contributed by atoms with van der Waals surface area (Å²) in [6, 6.07) is 11.0. The molecule has 1 aliphatic rings. The van der Waals surface area contributed by atoms with Crippen LogP contribution in [0.1, 0.15) is 18.9 Å². The van der Waals surface area contributed by atoms with Crippen molar-refractivity contribution in [2.75, 3.05) is 13.1 Å². The number of benzene rings is 1. The molecule has 0 fully saturated rings. The van der Waals surface area contributed by atoms with Crippen molar-refractivity contribution in [2.45, 2.75) is 19.4 Å². The van der Waals surface area contributed by atoms with Gasteiger partial charge >= 0.3 is 0 Å². The number of aromatic amines is 1. The second kappa shape index (κ2) is 7.45. The predicted octanol–water partition coefficient (Wildman–Crippen LogP) is 4.30. The highest BCUT2D eigenvalue weighted by Gasteiger charge is 2.24. The Hall–Kier alpha value is -2.79. The number of fused-ring (bicyclic) bond motifs is 1. The molecule has 0 spiro atoms. The molecule has 1 atom stereocenters. The molecule has 3 aromatic rings. The van der Waals surface area contributed by atoms with Gasteiger partial charge in [0.1, 0.15) is 5.75 Å². The quantitative estimate of drug-likeness (QED) is 0.733. The van der Waals surface area contributed by atoms with E-state index in [4.69, 9.17) is 16.3 Å². The highest BCUT2D eigenvalue weighted by Crippen LogP contribution is 2.28. The molecule has 1 aromatic carbocycles. The van der Waals surface area contributed by atoms with Gasteiger partial charge < -0.3 is 14.6 Å². The topological polar surface area (TPSA) is 58.2 Å². The van der Waals surface area contributed by atoms with Crippen LogP contribution in [0.25, 0.3) is 16.6 Å². The van der Waals surface area contributed by atoms with Crippen LogP contribution in [0.3, 0.4) is 0 Å². The van der Waals surface area contributed by atoms with Gasteiger partial charge in [-0.2, -0.15) is 0 Å². The van der Waals surface area contributed by atoms with Crippen LogP contribution in [0.4, 0.5) is 0 Å². The van der Waals surface area contributed by atoms with E-state index in [-0.39, 0.29) is 5.91 Å². The number of aromatic nitrogens is 2. The maximum absolute atomic E-state index is 12.7. The summed E-state index contributed by atoms with van der Waals surface area (Å²) < 4.78 is 5.76. The van der Waals surface area contributed by atoms with Crippen LogP contribution >= 0.6 is 11.6 Å². The Bertz CT molecular complexity index is 994. The van der Waals surface area contributed by atoms with E-state index >= 15 is 0 Å². The number of amides is 1. The lowest BCUT2D eigenvalue weighted by Gasteiger charge is -2.29. The fraction of sp³-hybridized carbons (Fsp3) is 0.238. The zero-order valence-electron chi connectivity index (χ0n) is 15.0. The summed E-state index contributed by atoms with van der Waals surface area (Å²) in [5, 5.41) is 0.641. The standard InChI is InChI=1S/C21H20ClN3O2/c1-14(27-17-6-4-16(22)5-7-17)21(26)25-11-8-15(9-12-25)18-13-24-19-3-2-10-23-20(18)19/h2-8,10,13-14,24H,9,11-12H2,1H3. The third-order valence-electron chi connectivity index (χ3n) is 4.78. The first-order valence-electron chi connectivity index (χ1n) is 8.94. The van der Waals surface area contributed by atoms with Gasteiger partial charge in [0, 0.05) is 36.1 Å². The number of nitrogens with one attached hydrogen (secondary N) is 1. The first kappa shape index (κ1) is 17.6. The Labute approximate surface area is 162 Å². The number of carbonyl (C=O) groups excluding carboxylic acids is 1. The summed E-state index contributed by atoms with van der Waals surface area (Å²) in [7, 11) is 0. The van der Waals surface area contributed by atoms with E-state index in [0.717, 1.165) is 23.0 Å². The Morgan fingerprint density at radius 3 is 2.85 bits per heavy atom. The number of carbonyl (C=O) groups is 1. The first-order valence-corrected chi connectivity index (χ1v) is 9.32. The minimum absolute atomic E-state index is 0.0164. The second-order valence-corrected chi connectivity index (χ2v) is 7.02. The van der Waals surface area contributed by atoms with E-state index in [0.29, 0.717) is 23.9 Å². The molecule has 0 saturated heterocycles. The van der Waals surface area contributed by atoms with Crippen LogP contribution in [0.2, 0.25) is 5.02 Å². The van der Waals surface area contributed by atoms with E-state index in [1.54, 1.807) is 37.4 Å². The van der Waals surface area contributed by atoms with Crippen LogP contribution in [-0.2, 0) is 4.79 Å². The monoisotopic (exact) mass is 381 g/mol. The Balaban J connectivity index is 1.43. The van der Waals surface area contributed by atoms with Crippen LogP contribution < -0.4 is 4.74 Å². The number of halogens is 1. The molecule has 6 heteroatoms. The molecule has 1 unspecified atom stereocenters. The average molecular weight is 382 g/mol. The summed E-state index contributed by atoms with van der Waals surface area (Å²) >= 11 is 5.88. The van der Waals surface area contributed by atoms with Crippen molar-refractivity contribution >= 4 is 34.1 Å². The van der Waals surface area contributed by atoms with E-state index in [9.17, 15) is 4.79 Å². The molecule has 1 amide bonds. The van der Waals surface area contributed by atoms with E-state index in [1.807, 2.05) is 23.2 Å². The number of ether oxygens (including phenoxy) is 1. The minimum atomic E-state index is -0.545. The Kier molecular flexibility index (Phi) is 4.86. The largest absolute Gasteiger partial charge is 0.481 e. The maximum Gasteiger partial charge on any atom is 0.263 e. The zero-order valence-corrected chi connectivity index (χ0v) is 15.7. The van der Waals surface area contributed by atoms with Crippen molar-refractivity contribution in [1.29, 1.82) is 0 Å². The highest BCUT2D eigenvalue weighted by molar-refractivity contribution is 6.30. The fourth-order valence-corrected chi connectivity index (χ4v) is 3.46. The number of nitrogens with zero attached hydrogens (tertiary/aromatic N) is 2. The van der Waals surface area contributed by atoms with Crippen molar-refractivity contribution in [2.24, 2.45) is 0 Å². The Morgan fingerprint density at radius 1 is 1.30 bits per heavy atom. The van der Waals surface area contributed by atoms with Gasteiger partial charge in [-0.3, -0.25) is 9.78 Å². The van der Waals surface area contributed by atoms with Gasteiger partial charge in [0.2, 0.25) is 0 Å². The summed E-state index contributed by atoms with van der Waals surface area (Å²) in [5.74, 6) is 0.621. The van der Waals surface area contributed by atoms with Gasteiger partial charge in [-0.15, -0.1) is 0 Å². The normalized spacial score (nSPS) is 15.5. The SMILES string of the molecule is CC(Oc1ccc(Cl)cc1)C(=O)N1CC=C(c2c[nH]c3cccnc23)CC1. The maximum atomic E-state index is 12.7. The van der Waals surface area contributed by atoms with Crippen LogP contribution in [0, 0.1) is 0 Å². The number of pyridine rings is 1. The van der Waals surface area contributed by atoms with Crippen LogP contribution in [-0.4, -0.2) is 40.0 Å². The van der Waals surface area contributed by atoms with Gasteiger partial charge in [0.25, 0.3) is 5.91 Å². The average Bonchev–Trinajstić information content (AvgIpc) is 3.13. The van der Waals surface area contributed by atoms with Crippen molar-refractivity contribution < 1.29 is 9.53 Å². The first-order chi connectivity index (χ1) is 13.1. The molecule has 3 heterocycles. The molecule has 27 heavy (non-hydrogen) atoms. The molecule has 138 valence electrons. The van der Waals surface area contributed by atoms with E-state index < -0.39 is 6.10 Å². The fourth-order valence-electron chi connectivity index (χ4n) is 3.34. The molecule has 4 rings (SSSR count). The molecule has 0 aliphatic carbocycles. The van der Waals surface area contributed by atoms with Crippen molar-refractivity contribution in [3.63, 3.8) is 0 Å². The van der Waals surface area contributed by atoms with Gasteiger partial charge in [0.05, 0.1) is 11.0 Å². The molecular formula is C21H20ClN3O2. The molecule has 2 aromatic heterocycles.